The van der Waals surface area contributed by atoms with Gasteiger partial charge in [0, 0.05) is 24.9 Å². The molecule has 2 nitrogen and oxygen atoms in total. The third-order valence-electron chi connectivity index (χ3n) is 3.26. The van der Waals surface area contributed by atoms with Crippen molar-refractivity contribution in [1.82, 2.24) is 0 Å². The summed E-state index contributed by atoms with van der Waals surface area (Å²) in [5.74, 6) is 1.11. The predicted octanol–water partition coefficient (Wildman–Crippen LogP) is 3.94. The van der Waals surface area contributed by atoms with Gasteiger partial charge in [-0.1, -0.05) is 24.6 Å². The number of hydrogen-bond donors (Lipinski definition) is 1. The summed E-state index contributed by atoms with van der Waals surface area (Å²) in [5.41, 5.74) is 8.03. The third kappa shape index (κ3) is 3.81. The first-order chi connectivity index (χ1) is 8.51. The largest absolute Gasteiger partial charge is 0.370 e. The second-order valence-corrected chi connectivity index (χ2v) is 5.95. The standard InChI is InChI=1S/C14H23ClN2S/c1-5-12(9-18-4)17(3)14-7-6-11(10(2)16)8-13(14)15/h6-8,10,12H,5,9,16H2,1-4H3/t10-,12?/m0/s1. The molecule has 0 fully saturated rings. The molecule has 18 heavy (non-hydrogen) atoms. The second-order valence-electron chi connectivity index (χ2n) is 4.63. The molecular formula is C14H23ClN2S. The van der Waals surface area contributed by atoms with E-state index in [1.165, 1.54) is 0 Å². The van der Waals surface area contributed by atoms with Crippen molar-refractivity contribution in [3.05, 3.63) is 28.8 Å². The van der Waals surface area contributed by atoms with Gasteiger partial charge in [0.15, 0.2) is 0 Å². The summed E-state index contributed by atoms with van der Waals surface area (Å²) in [6.07, 6.45) is 3.25. The average Bonchev–Trinajstić information content (AvgIpc) is 2.34. The van der Waals surface area contributed by atoms with Crippen LogP contribution in [0.4, 0.5) is 5.69 Å². The Morgan fingerprint density at radius 2 is 2.11 bits per heavy atom. The van der Waals surface area contributed by atoms with Gasteiger partial charge in [-0.25, -0.2) is 0 Å². The van der Waals surface area contributed by atoms with Crippen LogP contribution < -0.4 is 10.6 Å². The molecule has 4 heteroatoms. The fourth-order valence-electron chi connectivity index (χ4n) is 1.99. The molecular weight excluding hydrogens is 264 g/mol. The first kappa shape index (κ1) is 15.7. The van der Waals surface area contributed by atoms with Crippen LogP contribution in [0.25, 0.3) is 0 Å². The molecule has 0 amide bonds. The van der Waals surface area contributed by atoms with Crippen molar-refractivity contribution in [2.45, 2.75) is 32.4 Å². The summed E-state index contributed by atoms with van der Waals surface area (Å²) in [6, 6.07) is 6.65. The monoisotopic (exact) mass is 286 g/mol. The van der Waals surface area contributed by atoms with E-state index in [2.05, 4.69) is 37.3 Å². The fourth-order valence-corrected chi connectivity index (χ4v) is 3.15. The van der Waals surface area contributed by atoms with Crippen molar-refractivity contribution in [3.8, 4) is 0 Å². The van der Waals surface area contributed by atoms with E-state index >= 15 is 0 Å². The number of nitrogens with zero attached hydrogens (tertiary/aromatic N) is 1. The molecule has 0 aromatic heterocycles. The molecule has 1 unspecified atom stereocenters. The van der Waals surface area contributed by atoms with E-state index in [9.17, 15) is 0 Å². The zero-order valence-corrected chi connectivity index (χ0v) is 13.2. The van der Waals surface area contributed by atoms with Crippen molar-refractivity contribution in [1.29, 1.82) is 0 Å². The highest BCUT2D eigenvalue weighted by Crippen LogP contribution is 2.30. The lowest BCUT2D eigenvalue weighted by molar-refractivity contribution is 0.673. The van der Waals surface area contributed by atoms with E-state index in [4.69, 9.17) is 17.3 Å². The van der Waals surface area contributed by atoms with Crippen LogP contribution in [-0.4, -0.2) is 25.1 Å². The van der Waals surface area contributed by atoms with Crippen molar-refractivity contribution in [2.24, 2.45) is 5.73 Å². The summed E-state index contributed by atoms with van der Waals surface area (Å²) >= 11 is 8.23. The molecule has 2 atom stereocenters. The Balaban J connectivity index is 2.95. The molecule has 0 saturated heterocycles. The van der Waals surface area contributed by atoms with Crippen molar-refractivity contribution in [2.75, 3.05) is 24.0 Å². The smallest absolute Gasteiger partial charge is 0.0642 e. The second kappa shape index (κ2) is 7.27. The lowest BCUT2D eigenvalue weighted by Crippen LogP contribution is -2.33. The Morgan fingerprint density at radius 1 is 1.44 bits per heavy atom. The van der Waals surface area contributed by atoms with Gasteiger partial charge in [-0.2, -0.15) is 11.8 Å². The van der Waals surface area contributed by atoms with E-state index in [1.54, 1.807) is 0 Å². The van der Waals surface area contributed by atoms with Crippen LogP contribution >= 0.6 is 23.4 Å². The Bertz CT molecular complexity index is 382. The average molecular weight is 287 g/mol. The lowest BCUT2D eigenvalue weighted by atomic mass is 10.1. The van der Waals surface area contributed by atoms with E-state index in [-0.39, 0.29) is 6.04 Å². The summed E-state index contributed by atoms with van der Waals surface area (Å²) in [7, 11) is 2.11. The van der Waals surface area contributed by atoms with Gasteiger partial charge < -0.3 is 10.6 Å². The van der Waals surface area contributed by atoms with Crippen LogP contribution in [0, 0.1) is 0 Å². The molecule has 0 spiro atoms. The summed E-state index contributed by atoms with van der Waals surface area (Å²) < 4.78 is 0. The minimum Gasteiger partial charge on any atom is -0.370 e. The van der Waals surface area contributed by atoms with Crippen molar-refractivity contribution >= 4 is 29.1 Å². The Kier molecular flexibility index (Phi) is 6.33. The first-order valence-electron chi connectivity index (χ1n) is 6.28. The molecule has 0 heterocycles. The highest BCUT2D eigenvalue weighted by atomic mass is 35.5. The number of benzene rings is 1. The van der Waals surface area contributed by atoms with Crippen LogP contribution in [0.5, 0.6) is 0 Å². The predicted molar refractivity (Wildman–Crippen MR) is 84.9 cm³/mol. The number of thioether (sulfide) groups is 1. The van der Waals surface area contributed by atoms with Gasteiger partial charge in [0.2, 0.25) is 0 Å². The molecule has 1 aromatic rings. The maximum absolute atomic E-state index is 6.37. The Hall–Kier alpha value is -0.380. The molecule has 1 rings (SSSR count). The molecule has 0 radical (unpaired) electrons. The highest BCUT2D eigenvalue weighted by Gasteiger charge is 2.15. The minimum atomic E-state index is 0.0232. The molecule has 1 aromatic carbocycles. The number of anilines is 1. The molecule has 0 saturated carbocycles. The number of hydrogen-bond acceptors (Lipinski definition) is 3. The lowest BCUT2D eigenvalue weighted by Gasteiger charge is -2.30. The van der Waals surface area contributed by atoms with Gasteiger partial charge in [0.05, 0.1) is 10.7 Å². The number of nitrogens with two attached hydrogens (primary N) is 1. The van der Waals surface area contributed by atoms with Crippen molar-refractivity contribution < 1.29 is 0 Å². The highest BCUT2D eigenvalue weighted by molar-refractivity contribution is 7.98. The third-order valence-corrected chi connectivity index (χ3v) is 4.28. The van der Waals surface area contributed by atoms with Crippen molar-refractivity contribution in [3.63, 3.8) is 0 Å². The molecule has 2 N–H and O–H groups in total. The maximum Gasteiger partial charge on any atom is 0.0642 e. The van der Waals surface area contributed by atoms with Crippen LogP contribution in [0.1, 0.15) is 31.9 Å². The first-order valence-corrected chi connectivity index (χ1v) is 8.05. The molecule has 0 aliphatic rings. The van der Waals surface area contributed by atoms with Gasteiger partial charge in [-0.15, -0.1) is 0 Å². The van der Waals surface area contributed by atoms with Crippen LogP contribution in [0.15, 0.2) is 18.2 Å². The zero-order chi connectivity index (χ0) is 13.7. The summed E-state index contributed by atoms with van der Waals surface area (Å²) in [4.78, 5) is 2.27. The molecule has 102 valence electrons. The minimum absolute atomic E-state index is 0.0232. The molecule has 0 aliphatic carbocycles. The molecule has 0 bridgehead atoms. The zero-order valence-electron chi connectivity index (χ0n) is 11.6. The van der Waals surface area contributed by atoms with E-state index in [0.29, 0.717) is 6.04 Å². The van der Waals surface area contributed by atoms with Gasteiger partial charge >= 0.3 is 0 Å². The fraction of sp³-hybridized carbons (Fsp3) is 0.571. The van der Waals surface area contributed by atoms with E-state index < -0.39 is 0 Å². The normalized spacial score (nSPS) is 14.3. The Morgan fingerprint density at radius 3 is 2.56 bits per heavy atom. The maximum atomic E-state index is 6.37. The molecule has 0 aliphatic heterocycles. The summed E-state index contributed by atoms with van der Waals surface area (Å²) in [5, 5.41) is 0.784. The number of rotatable bonds is 6. The topological polar surface area (TPSA) is 29.3 Å². The van der Waals surface area contributed by atoms with E-state index in [1.807, 2.05) is 24.8 Å². The van der Waals surface area contributed by atoms with Crippen LogP contribution in [0.3, 0.4) is 0 Å². The van der Waals surface area contributed by atoms with E-state index in [0.717, 1.165) is 28.4 Å². The van der Waals surface area contributed by atoms with Gasteiger partial charge in [-0.3, -0.25) is 0 Å². The van der Waals surface area contributed by atoms with Gasteiger partial charge in [0.25, 0.3) is 0 Å². The number of halogens is 1. The van der Waals surface area contributed by atoms with Crippen LogP contribution in [0.2, 0.25) is 5.02 Å². The SMILES string of the molecule is CCC(CSC)N(C)c1ccc([C@H](C)N)cc1Cl. The Labute approximate surface area is 120 Å². The van der Waals surface area contributed by atoms with Crippen LogP contribution in [-0.2, 0) is 0 Å². The summed E-state index contributed by atoms with van der Waals surface area (Å²) in [6.45, 7) is 4.18. The quantitative estimate of drug-likeness (QED) is 0.859. The van der Waals surface area contributed by atoms with Gasteiger partial charge in [-0.05, 0) is 37.3 Å². The van der Waals surface area contributed by atoms with Gasteiger partial charge in [0.1, 0.15) is 0 Å².